The molecule has 2 aromatic carbocycles. The van der Waals surface area contributed by atoms with Crippen LogP contribution in [0.15, 0.2) is 59.0 Å². The number of hydrogen-bond donors (Lipinski definition) is 2. The highest BCUT2D eigenvalue weighted by atomic mass is 16.3. The van der Waals surface area contributed by atoms with E-state index in [0.717, 1.165) is 29.6 Å². The van der Waals surface area contributed by atoms with Crippen LogP contribution in [0, 0.1) is 0 Å². The number of carbonyl (C=O) groups is 2. The third-order valence-electron chi connectivity index (χ3n) is 5.23. The van der Waals surface area contributed by atoms with Crippen LogP contribution in [0.2, 0.25) is 0 Å². The van der Waals surface area contributed by atoms with Crippen LogP contribution in [0.1, 0.15) is 41.9 Å². The number of anilines is 1. The molecule has 2 N–H and O–H groups in total. The van der Waals surface area contributed by atoms with Crippen LogP contribution in [-0.2, 0) is 4.79 Å². The molecule has 0 bridgehead atoms. The first kappa shape index (κ1) is 19.2. The van der Waals surface area contributed by atoms with Crippen molar-refractivity contribution in [2.75, 3.05) is 18.9 Å². The molecule has 1 aliphatic carbocycles. The number of hydrogen-bond acceptors (Lipinski definition) is 4. The Bertz CT molecular complexity index is 1010. The zero-order valence-corrected chi connectivity index (χ0v) is 16.6. The summed E-state index contributed by atoms with van der Waals surface area (Å²) >= 11 is 0. The molecule has 3 aromatic rings. The first-order chi connectivity index (χ1) is 14.0. The zero-order chi connectivity index (χ0) is 20.4. The average Bonchev–Trinajstić information content (AvgIpc) is 3.41. The first-order valence-corrected chi connectivity index (χ1v) is 9.89. The van der Waals surface area contributed by atoms with Crippen LogP contribution in [-0.4, -0.2) is 36.3 Å². The van der Waals surface area contributed by atoms with Gasteiger partial charge in [0.15, 0.2) is 0 Å². The van der Waals surface area contributed by atoms with Crippen molar-refractivity contribution in [1.82, 2.24) is 10.2 Å². The number of furan rings is 1. The molecule has 1 heterocycles. The maximum atomic E-state index is 12.5. The number of carbonyl (C=O) groups excluding carboxylic acids is 2. The highest BCUT2D eigenvalue weighted by Gasteiger charge is 2.24. The van der Waals surface area contributed by atoms with Crippen LogP contribution in [0.5, 0.6) is 0 Å². The molecule has 29 heavy (non-hydrogen) atoms. The molecule has 0 unspecified atom stereocenters. The summed E-state index contributed by atoms with van der Waals surface area (Å²) in [6.45, 7) is 2.21. The molecule has 1 aromatic heterocycles. The Balaban J connectivity index is 1.36. The SMILES string of the molecule is C[C@H](c1cc2ccccc2o1)N(C)CC(=O)Nc1cccc(C(=O)NC2CC2)c1. The van der Waals surface area contributed by atoms with E-state index in [0.29, 0.717) is 17.3 Å². The van der Waals surface area contributed by atoms with Gasteiger partial charge < -0.3 is 15.1 Å². The van der Waals surface area contributed by atoms with Gasteiger partial charge in [0.2, 0.25) is 5.91 Å². The van der Waals surface area contributed by atoms with Gasteiger partial charge >= 0.3 is 0 Å². The smallest absolute Gasteiger partial charge is 0.251 e. The van der Waals surface area contributed by atoms with Gasteiger partial charge in [0.1, 0.15) is 11.3 Å². The van der Waals surface area contributed by atoms with Gasteiger partial charge in [-0.25, -0.2) is 0 Å². The fourth-order valence-corrected chi connectivity index (χ4v) is 3.22. The number of benzene rings is 2. The Morgan fingerprint density at radius 2 is 1.93 bits per heavy atom. The lowest BCUT2D eigenvalue weighted by Gasteiger charge is -2.22. The maximum absolute atomic E-state index is 12.5. The van der Waals surface area contributed by atoms with Gasteiger partial charge in [0, 0.05) is 22.7 Å². The van der Waals surface area contributed by atoms with E-state index in [-0.39, 0.29) is 24.4 Å². The summed E-state index contributed by atoms with van der Waals surface area (Å²) in [4.78, 5) is 26.6. The molecule has 1 atom stereocenters. The van der Waals surface area contributed by atoms with Crippen molar-refractivity contribution >= 4 is 28.5 Å². The van der Waals surface area contributed by atoms with E-state index in [9.17, 15) is 9.59 Å². The Hall–Kier alpha value is -3.12. The minimum atomic E-state index is -0.143. The molecule has 2 amide bonds. The Morgan fingerprint density at radius 1 is 1.14 bits per heavy atom. The number of nitrogens with zero attached hydrogens (tertiary/aromatic N) is 1. The molecular weight excluding hydrogens is 366 g/mol. The molecule has 0 aliphatic heterocycles. The van der Waals surface area contributed by atoms with Gasteiger partial charge in [0.25, 0.3) is 5.91 Å². The van der Waals surface area contributed by atoms with Crippen LogP contribution >= 0.6 is 0 Å². The zero-order valence-electron chi connectivity index (χ0n) is 16.6. The number of rotatable bonds is 7. The Morgan fingerprint density at radius 3 is 2.69 bits per heavy atom. The molecule has 0 saturated heterocycles. The summed E-state index contributed by atoms with van der Waals surface area (Å²) in [5, 5.41) is 6.88. The molecule has 6 heteroatoms. The monoisotopic (exact) mass is 391 g/mol. The highest BCUT2D eigenvalue weighted by Crippen LogP contribution is 2.26. The quantitative estimate of drug-likeness (QED) is 0.639. The van der Waals surface area contributed by atoms with Crippen molar-refractivity contribution in [3.63, 3.8) is 0 Å². The number of likely N-dealkylation sites (N-methyl/N-ethyl adjacent to an activating group) is 1. The van der Waals surface area contributed by atoms with Gasteiger partial charge in [-0.1, -0.05) is 24.3 Å². The van der Waals surface area contributed by atoms with Crippen molar-refractivity contribution in [3.8, 4) is 0 Å². The summed E-state index contributed by atoms with van der Waals surface area (Å²) in [5.41, 5.74) is 2.01. The van der Waals surface area contributed by atoms with Gasteiger partial charge in [-0.2, -0.15) is 0 Å². The normalized spacial score (nSPS) is 14.7. The van der Waals surface area contributed by atoms with Crippen LogP contribution < -0.4 is 10.6 Å². The Labute approximate surface area is 169 Å². The number of para-hydroxylation sites is 1. The fraction of sp³-hybridized carbons (Fsp3) is 0.304. The molecule has 4 rings (SSSR count). The molecule has 0 radical (unpaired) electrons. The molecular formula is C23H25N3O3. The lowest BCUT2D eigenvalue weighted by Crippen LogP contribution is -2.32. The number of nitrogens with one attached hydrogen (secondary N) is 2. The van der Waals surface area contributed by atoms with Gasteiger partial charge in [0.05, 0.1) is 12.6 Å². The highest BCUT2D eigenvalue weighted by molar-refractivity contribution is 5.97. The van der Waals surface area contributed by atoms with E-state index >= 15 is 0 Å². The number of amides is 2. The molecule has 150 valence electrons. The van der Waals surface area contributed by atoms with Crippen molar-refractivity contribution in [2.24, 2.45) is 0 Å². The van der Waals surface area contributed by atoms with E-state index in [1.165, 1.54) is 0 Å². The minimum absolute atomic E-state index is 0.0520. The van der Waals surface area contributed by atoms with Crippen molar-refractivity contribution in [3.05, 3.63) is 65.9 Å². The second-order valence-corrected chi connectivity index (χ2v) is 7.65. The molecule has 6 nitrogen and oxygen atoms in total. The van der Waals surface area contributed by atoms with Crippen LogP contribution in [0.25, 0.3) is 11.0 Å². The Kier molecular flexibility index (Phi) is 5.36. The summed E-state index contributed by atoms with van der Waals surface area (Å²) < 4.78 is 5.91. The van der Waals surface area contributed by atoms with E-state index in [4.69, 9.17) is 4.42 Å². The third kappa shape index (κ3) is 4.66. The predicted molar refractivity (Wildman–Crippen MR) is 113 cm³/mol. The van der Waals surface area contributed by atoms with Gasteiger partial charge in [-0.3, -0.25) is 14.5 Å². The number of fused-ring (bicyclic) bond motifs is 1. The fourth-order valence-electron chi connectivity index (χ4n) is 3.22. The second kappa shape index (κ2) is 8.09. The molecule has 0 spiro atoms. The second-order valence-electron chi connectivity index (χ2n) is 7.65. The summed E-state index contributed by atoms with van der Waals surface area (Å²) in [7, 11) is 1.89. The summed E-state index contributed by atoms with van der Waals surface area (Å²) in [6.07, 6.45) is 2.08. The van der Waals surface area contributed by atoms with E-state index in [1.54, 1.807) is 24.3 Å². The lowest BCUT2D eigenvalue weighted by atomic mass is 10.2. The summed E-state index contributed by atoms with van der Waals surface area (Å²) in [6, 6.07) is 17.1. The van der Waals surface area contributed by atoms with E-state index in [2.05, 4.69) is 10.6 Å². The maximum Gasteiger partial charge on any atom is 0.251 e. The van der Waals surface area contributed by atoms with Crippen LogP contribution in [0.4, 0.5) is 5.69 Å². The van der Waals surface area contributed by atoms with Crippen molar-refractivity contribution < 1.29 is 14.0 Å². The standard InChI is InChI=1S/C23H25N3O3/c1-15(21-13-16-6-3-4-9-20(16)29-21)26(2)14-22(27)24-19-8-5-7-17(12-19)23(28)25-18-10-11-18/h3-9,12-13,15,18H,10-11,14H2,1-2H3,(H,24,27)(H,25,28)/t15-/m1/s1. The van der Waals surface area contributed by atoms with Crippen LogP contribution in [0.3, 0.4) is 0 Å². The third-order valence-corrected chi connectivity index (χ3v) is 5.23. The molecule has 1 saturated carbocycles. The topological polar surface area (TPSA) is 74.6 Å². The minimum Gasteiger partial charge on any atom is -0.459 e. The molecule has 1 fully saturated rings. The largest absolute Gasteiger partial charge is 0.459 e. The predicted octanol–water partition coefficient (Wildman–Crippen LogP) is 3.96. The summed E-state index contributed by atoms with van der Waals surface area (Å²) in [5.74, 6) is 0.578. The average molecular weight is 391 g/mol. The first-order valence-electron chi connectivity index (χ1n) is 9.89. The van der Waals surface area contributed by atoms with E-state index in [1.807, 2.05) is 49.2 Å². The van der Waals surface area contributed by atoms with E-state index < -0.39 is 0 Å². The van der Waals surface area contributed by atoms with Gasteiger partial charge in [-0.15, -0.1) is 0 Å². The van der Waals surface area contributed by atoms with Gasteiger partial charge in [-0.05, 0) is 57.1 Å². The van der Waals surface area contributed by atoms with Crippen molar-refractivity contribution in [2.45, 2.75) is 31.8 Å². The van der Waals surface area contributed by atoms with Crippen molar-refractivity contribution in [1.29, 1.82) is 0 Å². The molecule has 1 aliphatic rings. The lowest BCUT2D eigenvalue weighted by molar-refractivity contribution is -0.117.